The van der Waals surface area contributed by atoms with E-state index in [1.165, 1.54) is 12.4 Å². The van der Waals surface area contributed by atoms with Crippen LogP contribution in [0.25, 0.3) is 0 Å². The number of β-lactam (4-membered cyclic amide) rings is 1. The fraction of sp³-hybridized carbons (Fsp3) is 0.235. The van der Waals surface area contributed by atoms with Gasteiger partial charge in [-0.1, -0.05) is 39.9 Å². The molecule has 0 spiro atoms. The molecule has 2 aromatic heterocycles. The lowest BCUT2D eigenvalue weighted by Gasteiger charge is -2.50. The first-order valence-electron chi connectivity index (χ1n) is 9.21. The van der Waals surface area contributed by atoms with Gasteiger partial charge in [0.25, 0.3) is 11.8 Å². The number of halogens is 1. The highest BCUT2D eigenvalue weighted by Gasteiger charge is 2.53. The molecule has 0 bridgehead atoms. The van der Waals surface area contributed by atoms with Crippen molar-refractivity contribution in [2.24, 2.45) is 5.16 Å². The number of carbonyl (C=O) groups excluding carboxylic acids is 2. The summed E-state index contributed by atoms with van der Waals surface area (Å²) in [5.41, 5.74) is 10.2. The Bertz CT molecular complexity index is 1210. The molecule has 2 atom stereocenters. The third kappa shape index (κ3) is 4.17. The lowest BCUT2D eigenvalue weighted by Crippen LogP contribution is -2.72. The first-order chi connectivity index (χ1) is 15.7. The van der Waals surface area contributed by atoms with E-state index in [9.17, 15) is 24.7 Å². The lowest BCUT2D eigenvalue weighted by molar-refractivity contribution is -0.155. The Morgan fingerprint density at radius 1 is 1.33 bits per heavy atom. The van der Waals surface area contributed by atoms with Crippen molar-refractivity contribution in [2.75, 3.05) is 11.5 Å². The summed E-state index contributed by atoms with van der Waals surface area (Å²) in [6.45, 7) is 0. The van der Waals surface area contributed by atoms with Crippen LogP contribution in [-0.4, -0.2) is 65.7 Å². The van der Waals surface area contributed by atoms with Gasteiger partial charge in [-0.25, -0.2) is 19.7 Å². The predicted octanol–water partition coefficient (Wildman–Crippen LogP) is 0.507. The van der Waals surface area contributed by atoms with Gasteiger partial charge in [0.2, 0.25) is 5.95 Å². The normalized spacial score (nSPS) is 20.3. The van der Waals surface area contributed by atoms with Gasteiger partial charge in [-0.2, -0.15) is 0 Å². The number of carbonyl (C=O) groups is 3. The first-order valence-corrected chi connectivity index (χ1v) is 11.2. The van der Waals surface area contributed by atoms with E-state index in [0.717, 1.165) is 28.0 Å². The molecule has 2 aliphatic heterocycles. The Morgan fingerprint density at radius 2 is 2.03 bits per heavy atom. The minimum Gasteiger partial charge on any atom is -0.477 e. The van der Waals surface area contributed by atoms with Crippen molar-refractivity contribution in [3.63, 3.8) is 0 Å². The fourth-order valence-electron chi connectivity index (χ4n) is 3.52. The molecule has 0 radical (unpaired) electrons. The maximum atomic E-state index is 12.8. The van der Waals surface area contributed by atoms with Crippen LogP contribution in [0.3, 0.4) is 0 Å². The monoisotopic (exact) mass is 510 g/mol. The van der Waals surface area contributed by atoms with Gasteiger partial charge in [0.1, 0.15) is 21.8 Å². The van der Waals surface area contributed by atoms with Gasteiger partial charge in [0.15, 0.2) is 10.8 Å². The van der Waals surface area contributed by atoms with Gasteiger partial charge in [-0.05, 0) is 12.8 Å². The number of carboxylic acids is 1. The van der Waals surface area contributed by atoms with Crippen LogP contribution in [0.5, 0.6) is 0 Å². The van der Waals surface area contributed by atoms with Gasteiger partial charge in [0, 0.05) is 22.2 Å². The lowest BCUT2D eigenvalue weighted by atomic mass is 9.86. The minimum atomic E-state index is -1.28. The van der Waals surface area contributed by atoms with E-state index >= 15 is 0 Å². The molecule has 172 valence electrons. The number of thiazole rings is 1. The second-order valence-electron chi connectivity index (χ2n) is 6.84. The van der Waals surface area contributed by atoms with Crippen molar-refractivity contribution < 1.29 is 24.7 Å². The van der Waals surface area contributed by atoms with Gasteiger partial charge >= 0.3 is 5.97 Å². The molecular weight excluding hydrogens is 496 g/mol. The highest BCUT2D eigenvalue weighted by atomic mass is 35.5. The average Bonchev–Trinajstić information content (AvgIpc) is 3.11. The number of fused-ring (bicyclic) bond motifs is 1. The van der Waals surface area contributed by atoms with Crippen LogP contribution in [-0.2, 0) is 14.4 Å². The first kappa shape index (κ1) is 22.8. The van der Waals surface area contributed by atoms with Crippen molar-refractivity contribution >= 4 is 69.3 Å². The number of hydrogen-bond donors (Lipinski definition) is 5. The number of hydrogen-bond acceptors (Lipinski definition) is 12. The van der Waals surface area contributed by atoms with Crippen LogP contribution in [0.2, 0.25) is 4.34 Å². The molecule has 16 heteroatoms. The largest absolute Gasteiger partial charge is 0.477 e. The van der Waals surface area contributed by atoms with E-state index in [1.807, 2.05) is 0 Å². The summed E-state index contributed by atoms with van der Waals surface area (Å²) in [7, 11) is 0. The number of aromatic nitrogens is 3. The quantitative estimate of drug-likeness (QED) is 0.156. The number of nitrogens with zero attached hydrogens (tertiary/aromatic N) is 5. The summed E-state index contributed by atoms with van der Waals surface area (Å²) in [6.07, 6.45) is 3.64. The molecule has 0 aliphatic carbocycles. The van der Waals surface area contributed by atoms with Crippen LogP contribution < -0.4 is 16.8 Å². The minimum absolute atomic E-state index is 0.0408. The van der Waals surface area contributed by atoms with Crippen molar-refractivity contribution in [3.05, 3.63) is 33.0 Å². The van der Waals surface area contributed by atoms with E-state index in [4.69, 9.17) is 23.1 Å². The molecule has 4 rings (SSSR count). The third-order valence-electron chi connectivity index (χ3n) is 4.91. The van der Waals surface area contributed by atoms with E-state index in [-0.39, 0.29) is 26.8 Å². The van der Waals surface area contributed by atoms with Crippen LogP contribution in [0.1, 0.15) is 18.5 Å². The molecule has 4 heterocycles. The molecule has 0 saturated carbocycles. The predicted molar refractivity (Wildman–Crippen MR) is 119 cm³/mol. The number of thioether (sulfide) groups is 1. The van der Waals surface area contributed by atoms with E-state index < -0.39 is 35.6 Å². The van der Waals surface area contributed by atoms with E-state index in [0.29, 0.717) is 22.6 Å². The molecule has 2 amide bonds. The maximum absolute atomic E-state index is 12.8. The van der Waals surface area contributed by atoms with Gasteiger partial charge in [-0.3, -0.25) is 14.5 Å². The Kier molecular flexibility index (Phi) is 6.09. The van der Waals surface area contributed by atoms with Gasteiger partial charge < -0.3 is 27.1 Å². The van der Waals surface area contributed by atoms with Crippen molar-refractivity contribution in [1.29, 1.82) is 0 Å². The zero-order chi connectivity index (χ0) is 23.9. The summed E-state index contributed by atoms with van der Waals surface area (Å²) in [6, 6.07) is -1.60. The van der Waals surface area contributed by atoms with Crippen LogP contribution in [0.15, 0.2) is 33.0 Å². The number of allylic oxidation sites excluding steroid dienone is 1. The Labute approximate surface area is 198 Å². The number of carboxylic acid groups (broad SMARTS) is 1. The van der Waals surface area contributed by atoms with Crippen LogP contribution in [0, 0.1) is 0 Å². The summed E-state index contributed by atoms with van der Waals surface area (Å²) in [4.78, 5) is 51.2. The molecule has 33 heavy (non-hydrogen) atoms. The van der Waals surface area contributed by atoms with Crippen molar-refractivity contribution in [2.45, 2.75) is 29.8 Å². The maximum Gasteiger partial charge on any atom is 0.353 e. The van der Waals surface area contributed by atoms with E-state index in [1.54, 1.807) is 0 Å². The Morgan fingerprint density at radius 3 is 2.61 bits per heavy atom. The standard InChI is InChI=1S/C17H15ClN8O5S2/c18-12-9(24-17(20)33-12)10(25-31)13(27)23-8-6-1-2-7(11(15(29)30)26(6)14(8)28)32-5-3-21-16(19)22-4-5/h3-4,6,8,31H,1-2H2,(H2,20,24)(H,23,27)(H,29,30)(H2,19,21,22)/b25-10-/t6-,8+/m1/s1. The summed E-state index contributed by atoms with van der Waals surface area (Å²) in [5, 5.41) is 24.5. The number of nitrogens with two attached hydrogens (primary N) is 2. The van der Waals surface area contributed by atoms with Crippen LogP contribution >= 0.6 is 34.7 Å². The Hall–Kier alpha value is -3.43. The number of amides is 2. The topological polar surface area (TPSA) is 210 Å². The molecular formula is C17H15ClN8O5S2. The summed E-state index contributed by atoms with van der Waals surface area (Å²) < 4.78 is 0.0408. The summed E-state index contributed by atoms with van der Waals surface area (Å²) in [5.74, 6) is -2.71. The number of anilines is 2. The number of aliphatic carboxylic acids is 1. The Balaban J connectivity index is 1.53. The highest BCUT2D eigenvalue weighted by Crippen LogP contribution is 2.43. The molecule has 13 nitrogen and oxygen atoms in total. The second-order valence-corrected chi connectivity index (χ2v) is 9.65. The van der Waals surface area contributed by atoms with Crippen LogP contribution in [0.4, 0.5) is 11.1 Å². The van der Waals surface area contributed by atoms with Gasteiger partial charge in [-0.15, -0.1) is 0 Å². The van der Waals surface area contributed by atoms with Crippen molar-refractivity contribution in [1.82, 2.24) is 25.2 Å². The number of nitrogen functional groups attached to an aromatic ring is 2. The van der Waals surface area contributed by atoms with Crippen molar-refractivity contribution in [3.8, 4) is 0 Å². The molecule has 2 aromatic rings. The smallest absolute Gasteiger partial charge is 0.353 e. The fourth-order valence-corrected chi connectivity index (χ4v) is 5.45. The zero-order valence-electron chi connectivity index (χ0n) is 16.4. The second kappa shape index (κ2) is 8.84. The number of oxime groups is 1. The van der Waals surface area contributed by atoms with Gasteiger partial charge in [0.05, 0.1) is 6.04 Å². The molecule has 7 N–H and O–H groups in total. The molecule has 2 aliphatic rings. The average molecular weight is 511 g/mol. The third-order valence-corrected chi connectivity index (χ3v) is 7.09. The molecule has 0 aromatic carbocycles. The van der Waals surface area contributed by atoms with E-state index in [2.05, 4.69) is 25.4 Å². The highest BCUT2D eigenvalue weighted by molar-refractivity contribution is 8.03. The zero-order valence-corrected chi connectivity index (χ0v) is 18.8. The number of nitrogens with one attached hydrogen (secondary N) is 1. The molecule has 0 unspecified atom stereocenters. The summed E-state index contributed by atoms with van der Waals surface area (Å²) >= 11 is 7.99. The molecule has 1 fully saturated rings. The molecule has 1 saturated heterocycles. The SMILES string of the molecule is Nc1ncc(SC2=C(C(=O)O)N3C(=O)[C@@H](NC(=O)/C(=N\O)c4nc(N)sc4Cl)[C@H]3CC2)cn1. The number of rotatable bonds is 6.